The molecule has 0 unspecified atom stereocenters. The van der Waals surface area contributed by atoms with E-state index in [1.165, 1.54) is 45.4 Å². The molecule has 0 spiro atoms. The standard InChI is InChI=1S/C19H18F3NO5/c1-11(17(24)23-13-8-5-4-7-12(13)19(20,21)22)28-18(25)16-14(26-2)9-6-10-15(16)27-3/h4-11H,1-3H3,(H,23,24)/t11-/m0/s1. The second-order valence-electron chi connectivity index (χ2n) is 5.62. The van der Waals surface area contributed by atoms with Crippen LogP contribution in [0, 0.1) is 0 Å². The highest BCUT2D eigenvalue weighted by Gasteiger charge is 2.34. The van der Waals surface area contributed by atoms with E-state index in [-0.39, 0.29) is 17.1 Å². The first kappa shape index (κ1) is 21.1. The number of nitrogens with one attached hydrogen (secondary N) is 1. The fourth-order valence-electron chi connectivity index (χ4n) is 2.40. The molecule has 0 saturated heterocycles. The van der Waals surface area contributed by atoms with Crippen molar-refractivity contribution in [3.8, 4) is 11.5 Å². The number of anilines is 1. The Morgan fingerprint density at radius 2 is 1.54 bits per heavy atom. The van der Waals surface area contributed by atoms with Gasteiger partial charge in [0.1, 0.15) is 17.1 Å². The lowest BCUT2D eigenvalue weighted by atomic mass is 10.1. The summed E-state index contributed by atoms with van der Waals surface area (Å²) >= 11 is 0. The van der Waals surface area contributed by atoms with Crippen molar-refractivity contribution in [3.05, 3.63) is 53.6 Å². The predicted octanol–water partition coefficient (Wildman–Crippen LogP) is 3.91. The molecular formula is C19H18F3NO5. The lowest BCUT2D eigenvalue weighted by Crippen LogP contribution is -2.31. The number of methoxy groups -OCH3 is 2. The highest BCUT2D eigenvalue weighted by Crippen LogP contribution is 2.34. The third kappa shape index (κ3) is 4.73. The number of carbonyl (C=O) groups is 2. The van der Waals surface area contributed by atoms with Gasteiger partial charge in [-0.05, 0) is 31.2 Å². The first-order chi connectivity index (χ1) is 13.2. The Bertz CT molecular complexity index is 845. The summed E-state index contributed by atoms with van der Waals surface area (Å²) in [5, 5.41) is 2.13. The van der Waals surface area contributed by atoms with Crippen molar-refractivity contribution in [2.45, 2.75) is 19.2 Å². The molecule has 0 radical (unpaired) electrons. The molecule has 28 heavy (non-hydrogen) atoms. The average Bonchev–Trinajstić information content (AvgIpc) is 2.66. The Morgan fingerprint density at radius 1 is 0.964 bits per heavy atom. The topological polar surface area (TPSA) is 73.9 Å². The average molecular weight is 397 g/mol. The summed E-state index contributed by atoms with van der Waals surface area (Å²) in [6.45, 7) is 1.24. The molecule has 0 saturated carbocycles. The van der Waals surface area contributed by atoms with E-state index in [1.807, 2.05) is 0 Å². The number of ether oxygens (including phenoxy) is 3. The van der Waals surface area contributed by atoms with Crippen LogP contribution in [0.3, 0.4) is 0 Å². The summed E-state index contributed by atoms with van der Waals surface area (Å²) in [4.78, 5) is 24.7. The predicted molar refractivity (Wildman–Crippen MR) is 94.5 cm³/mol. The van der Waals surface area contributed by atoms with Gasteiger partial charge in [0, 0.05) is 0 Å². The summed E-state index contributed by atoms with van der Waals surface area (Å²) in [7, 11) is 2.69. The molecule has 0 aliphatic carbocycles. The number of amides is 1. The Hall–Kier alpha value is -3.23. The minimum absolute atomic E-state index is 0.0390. The molecule has 1 N–H and O–H groups in total. The van der Waals surface area contributed by atoms with Gasteiger partial charge in [-0.15, -0.1) is 0 Å². The van der Waals surface area contributed by atoms with Gasteiger partial charge < -0.3 is 19.5 Å². The Balaban J connectivity index is 2.17. The number of hydrogen-bond acceptors (Lipinski definition) is 5. The number of hydrogen-bond donors (Lipinski definition) is 1. The fourth-order valence-corrected chi connectivity index (χ4v) is 2.40. The van der Waals surface area contributed by atoms with Gasteiger partial charge in [0.25, 0.3) is 5.91 Å². The molecule has 1 amide bonds. The Labute approximate surface area is 159 Å². The first-order valence-corrected chi connectivity index (χ1v) is 8.08. The minimum Gasteiger partial charge on any atom is -0.496 e. The molecule has 0 heterocycles. The van der Waals surface area contributed by atoms with Gasteiger partial charge >= 0.3 is 12.1 Å². The van der Waals surface area contributed by atoms with Crippen LogP contribution in [0.5, 0.6) is 11.5 Å². The number of carbonyl (C=O) groups excluding carboxylic acids is 2. The summed E-state index contributed by atoms with van der Waals surface area (Å²) in [5.41, 5.74) is -1.48. The second kappa shape index (κ2) is 8.64. The van der Waals surface area contributed by atoms with Gasteiger partial charge in [-0.2, -0.15) is 13.2 Å². The number of halogens is 3. The zero-order valence-electron chi connectivity index (χ0n) is 15.3. The van der Waals surface area contributed by atoms with Crippen molar-refractivity contribution in [1.82, 2.24) is 0 Å². The van der Waals surface area contributed by atoms with Crippen molar-refractivity contribution < 1.29 is 37.0 Å². The lowest BCUT2D eigenvalue weighted by Gasteiger charge is -2.18. The van der Waals surface area contributed by atoms with E-state index in [0.717, 1.165) is 12.1 Å². The van der Waals surface area contributed by atoms with Gasteiger partial charge in [-0.3, -0.25) is 4.79 Å². The third-order valence-electron chi connectivity index (χ3n) is 3.78. The van der Waals surface area contributed by atoms with Crippen LogP contribution in [0.1, 0.15) is 22.8 Å². The molecule has 0 aliphatic heterocycles. The van der Waals surface area contributed by atoms with Gasteiger partial charge in [0.05, 0.1) is 25.5 Å². The van der Waals surface area contributed by atoms with E-state index < -0.39 is 35.4 Å². The number of rotatable bonds is 6. The molecule has 0 aliphatic rings. The van der Waals surface area contributed by atoms with Crippen LogP contribution in [0.4, 0.5) is 18.9 Å². The molecule has 1 atom stereocenters. The van der Waals surface area contributed by atoms with Crippen molar-refractivity contribution in [2.24, 2.45) is 0 Å². The second-order valence-corrected chi connectivity index (χ2v) is 5.62. The Morgan fingerprint density at radius 3 is 2.07 bits per heavy atom. The molecule has 0 aromatic heterocycles. The molecule has 150 valence electrons. The Kier molecular flexibility index (Phi) is 6.50. The zero-order valence-corrected chi connectivity index (χ0v) is 15.3. The van der Waals surface area contributed by atoms with E-state index in [4.69, 9.17) is 14.2 Å². The van der Waals surface area contributed by atoms with Crippen LogP contribution < -0.4 is 14.8 Å². The van der Waals surface area contributed by atoms with Gasteiger partial charge in [-0.1, -0.05) is 18.2 Å². The maximum Gasteiger partial charge on any atom is 0.418 e. The van der Waals surface area contributed by atoms with Crippen LogP contribution in [-0.2, 0) is 15.7 Å². The summed E-state index contributed by atoms with van der Waals surface area (Å²) in [6.07, 6.45) is -6.02. The van der Waals surface area contributed by atoms with E-state index in [1.54, 1.807) is 6.07 Å². The van der Waals surface area contributed by atoms with Gasteiger partial charge in [0.2, 0.25) is 0 Å². The molecular weight excluding hydrogens is 379 g/mol. The monoisotopic (exact) mass is 397 g/mol. The van der Waals surface area contributed by atoms with Crippen molar-refractivity contribution in [2.75, 3.05) is 19.5 Å². The van der Waals surface area contributed by atoms with E-state index in [9.17, 15) is 22.8 Å². The first-order valence-electron chi connectivity index (χ1n) is 8.08. The molecule has 2 rings (SSSR count). The quantitative estimate of drug-likeness (QED) is 0.749. The molecule has 6 nitrogen and oxygen atoms in total. The largest absolute Gasteiger partial charge is 0.496 e. The van der Waals surface area contributed by atoms with Crippen molar-refractivity contribution in [1.29, 1.82) is 0 Å². The van der Waals surface area contributed by atoms with Crippen molar-refractivity contribution in [3.63, 3.8) is 0 Å². The molecule has 9 heteroatoms. The smallest absolute Gasteiger partial charge is 0.418 e. The molecule has 0 fully saturated rings. The lowest BCUT2D eigenvalue weighted by molar-refractivity contribution is -0.137. The fraction of sp³-hybridized carbons (Fsp3) is 0.263. The van der Waals surface area contributed by atoms with Gasteiger partial charge in [0.15, 0.2) is 6.10 Å². The number of para-hydroxylation sites is 1. The maximum atomic E-state index is 13.0. The molecule has 0 bridgehead atoms. The van der Waals surface area contributed by atoms with Crippen LogP contribution in [-0.4, -0.2) is 32.2 Å². The van der Waals surface area contributed by atoms with E-state index in [0.29, 0.717) is 0 Å². The SMILES string of the molecule is COc1cccc(OC)c1C(=O)O[C@@H](C)C(=O)Nc1ccccc1C(F)(F)F. The highest BCUT2D eigenvalue weighted by atomic mass is 19.4. The zero-order chi connectivity index (χ0) is 20.9. The van der Waals surface area contributed by atoms with E-state index >= 15 is 0 Å². The highest BCUT2D eigenvalue weighted by molar-refractivity contribution is 6.00. The minimum atomic E-state index is -4.64. The van der Waals surface area contributed by atoms with Gasteiger partial charge in [-0.25, -0.2) is 4.79 Å². The van der Waals surface area contributed by atoms with Crippen LogP contribution >= 0.6 is 0 Å². The van der Waals surface area contributed by atoms with Crippen molar-refractivity contribution >= 4 is 17.6 Å². The summed E-state index contributed by atoms with van der Waals surface area (Å²) in [5.74, 6) is -1.50. The maximum absolute atomic E-state index is 13.0. The number of esters is 1. The van der Waals surface area contributed by atoms with Crippen LogP contribution in [0.25, 0.3) is 0 Å². The number of alkyl halides is 3. The van der Waals surface area contributed by atoms with E-state index in [2.05, 4.69) is 5.32 Å². The van der Waals surface area contributed by atoms with Crippen LogP contribution in [0.2, 0.25) is 0 Å². The summed E-state index contributed by atoms with van der Waals surface area (Å²) < 4.78 is 54.4. The third-order valence-corrected chi connectivity index (χ3v) is 3.78. The number of benzene rings is 2. The van der Waals surface area contributed by atoms with Crippen LogP contribution in [0.15, 0.2) is 42.5 Å². The summed E-state index contributed by atoms with van der Waals surface area (Å²) in [6, 6.07) is 9.10. The molecule has 2 aromatic carbocycles. The normalized spacial score (nSPS) is 12.1. The molecule has 2 aromatic rings.